The van der Waals surface area contributed by atoms with Crippen LogP contribution in [0, 0.1) is 0 Å². The molecule has 5 nitrogen and oxygen atoms in total. The van der Waals surface area contributed by atoms with Crippen molar-refractivity contribution in [2.24, 2.45) is 0 Å². The molecule has 0 unspecified atom stereocenters. The minimum Gasteiger partial charge on any atom is -0.492 e. The zero-order chi connectivity index (χ0) is 15.7. The molecule has 2 fully saturated rings. The summed E-state index contributed by atoms with van der Waals surface area (Å²) in [6.45, 7) is 12.8. The Labute approximate surface area is 139 Å². The van der Waals surface area contributed by atoms with Crippen LogP contribution >= 0.6 is 0 Å². The summed E-state index contributed by atoms with van der Waals surface area (Å²) in [5.41, 5.74) is 0. The van der Waals surface area contributed by atoms with Gasteiger partial charge >= 0.3 is 0 Å². The van der Waals surface area contributed by atoms with Crippen molar-refractivity contribution in [1.29, 1.82) is 0 Å². The maximum absolute atomic E-state index is 5.79. The molecular weight excluding hydrogens is 290 g/mol. The number of hydrogen-bond donors (Lipinski definition) is 0. The van der Waals surface area contributed by atoms with E-state index in [1.807, 2.05) is 30.3 Å². The van der Waals surface area contributed by atoms with Crippen LogP contribution < -0.4 is 4.74 Å². The molecule has 0 amide bonds. The van der Waals surface area contributed by atoms with Crippen molar-refractivity contribution in [3.8, 4) is 5.75 Å². The molecule has 5 heteroatoms. The van der Waals surface area contributed by atoms with E-state index in [1.54, 1.807) is 0 Å². The summed E-state index contributed by atoms with van der Waals surface area (Å²) in [6.07, 6.45) is 0. The lowest BCUT2D eigenvalue weighted by atomic mass is 10.3. The number of para-hydroxylation sites is 1. The second-order valence-electron chi connectivity index (χ2n) is 6.30. The maximum atomic E-state index is 5.79. The Hall–Kier alpha value is -1.14. The lowest BCUT2D eigenvalue weighted by molar-refractivity contribution is 0.0295. The third-order valence-electron chi connectivity index (χ3n) is 4.72. The largest absolute Gasteiger partial charge is 0.492 e. The molecule has 0 atom stereocenters. The van der Waals surface area contributed by atoms with Gasteiger partial charge in [-0.15, -0.1) is 0 Å². The molecule has 2 heterocycles. The van der Waals surface area contributed by atoms with Gasteiger partial charge < -0.3 is 9.47 Å². The predicted molar refractivity (Wildman–Crippen MR) is 92.1 cm³/mol. The van der Waals surface area contributed by atoms with E-state index in [2.05, 4.69) is 14.7 Å². The smallest absolute Gasteiger partial charge is 0.119 e. The van der Waals surface area contributed by atoms with E-state index >= 15 is 0 Å². The van der Waals surface area contributed by atoms with Crippen molar-refractivity contribution in [3.63, 3.8) is 0 Å². The number of piperazine rings is 1. The van der Waals surface area contributed by atoms with Gasteiger partial charge in [0.1, 0.15) is 12.4 Å². The Bertz CT molecular complexity index is 429. The highest BCUT2D eigenvalue weighted by molar-refractivity contribution is 5.20. The summed E-state index contributed by atoms with van der Waals surface area (Å²) < 4.78 is 11.2. The Morgan fingerprint density at radius 2 is 1.30 bits per heavy atom. The molecule has 0 radical (unpaired) electrons. The summed E-state index contributed by atoms with van der Waals surface area (Å²) in [7, 11) is 0. The van der Waals surface area contributed by atoms with Crippen LogP contribution in [0.15, 0.2) is 30.3 Å². The van der Waals surface area contributed by atoms with Gasteiger partial charge in [-0.25, -0.2) is 0 Å². The molecule has 0 bridgehead atoms. The molecule has 0 aliphatic carbocycles. The molecular formula is C18H29N3O2. The quantitative estimate of drug-likeness (QED) is 0.748. The summed E-state index contributed by atoms with van der Waals surface area (Å²) in [6, 6.07) is 10.1. The second kappa shape index (κ2) is 9.23. The number of nitrogens with zero attached hydrogens (tertiary/aromatic N) is 3. The minimum atomic E-state index is 0.776. The van der Waals surface area contributed by atoms with Crippen molar-refractivity contribution in [2.75, 3.05) is 78.7 Å². The number of ether oxygens (including phenoxy) is 2. The van der Waals surface area contributed by atoms with Gasteiger partial charge in [-0.2, -0.15) is 0 Å². The average molecular weight is 319 g/mol. The Morgan fingerprint density at radius 1 is 0.739 bits per heavy atom. The van der Waals surface area contributed by atoms with Crippen LogP contribution in [0.2, 0.25) is 0 Å². The molecule has 128 valence electrons. The van der Waals surface area contributed by atoms with Gasteiger partial charge in [0.15, 0.2) is 0 Å². The summed E-state index contributed by atoms with van der Waals surface area (Å²) >= 11 is 0. The maximum Gasteiger partial charge on any atom is 0.119 e. The zero-order valence-electron chi connectivity index (χ0n) is 14.0. The third kappa shape index (κ3) is 5.77. The average Bonchev–Trinajstić information content (AvgIpc) is 2.63. The van der Waals surface area contributed by atoms with Crippen LogP contribution in [-0.4, -0.2) is 93.4 Å². The third-order valence-corrected chi connectivity index (χ3v) is 4.72. The molecule has 1 aromatic rings. The van der Waals surface area contributed by atoms with Crippen molar-refractivity contribution < 1.29 is 9.47 Å². The van der Waals surface area contributed by atoms with Gasteiger partial charge in [-0.1, -0.05) is 18.2 Å². The van der Waals surface area contributed by atoms with Crippen LogP contribution in [0.25, 0.3) is 0 Å². The highest BCUT2D eigenvalue weighted by Gasteiger charge is 2.18. The first-order chi connectivity index (χ1) is 11.4. The first-order valence-corrected chi connectivity index (χ1v) is 8.83. The fourth-order valence-corrected chi connectivity index (χ4v) is 3.15. The van der Waals surface area contributed by atoms with Crippen LogP contribution in [0.4, 0.5) is 0 Å². The van der Waals surface area contributed by atoms with Crippen molar-refractivity contribution in [3.05, 3.63) is 30.3 Å². The van der Waals surface area contributed by atoms with Gasteiger partial charge in [0.2, 0.25) is 0 Å². The molecule has 23 heavy (non-hydrogen) atoms. The molecule has 2 aliphatic heterocycles. The van der Waals surface area contributed by atoms with Crippen LogP contribution in [0.5, 0.6) is 5.75 Å². The van der Waals surface area contributed by atoms with Gasteiger partial charge in [-0.05, 0) is 12.1 Å². The fourth-order valence-electron chi connectivity index (χ4n) is 3.15. The van der Waals surface area contributed by atoms with E-state index in [0.717, 1.165) is 58.3 Å². The van der Waals surface area contributed by atoms with Gasteiger partial charge in [0.05, 0.1) is 13.2 Å². The van der Waals surface area contributed by atoms with Crippen LogP contribution in [-0.2, 0) is 4.74 Å². The number of rotatable bonds is 7. The number of benzene rings is 1. The Morgan fingerprint density at radius 3 is 1.96 bits per heavy atom. The summed E-state index contributed by atoms with van der Waals surface area (Å²) in [5, 5.41) is 0. The van der Waals surface area contributed by atoms with E-state index in [9.17, 15) is 0 Å². The van der Waals surface area contributed by atoms with E-state index in [0.29, 0.717) is 0 Å². The fraction of sp³-hybridized carbons (Fsp3) is 0.667. The minimum absolute atomic E-state index is 0.776. The monoisotopic (exact) mass is 319 g/mol. The molecule has 0 N–H and O–H groups in total. The molecule has 2 saturated heterocycles. The SMILES string of the molecule is c1ccc(OCCN2CCN(CCN3CCOCC3)CC2)cc1. The van der Waals surface area contributed by atoms with Gasteiger partial charge in [0.25, 0.3) is 0 Å². The van der Waals surface area contributed by atoms with Crippen molar-refractivity contribution in [1.82, 2.24) is 14.7 Å². The first kappa shape index (κ1) is 16.7. The van der Waals surface area contributed by atoms with Crippen molar-refractivity contribution >= 4 is 0 Å². The van der Waals surface area contributed by atoms with E-state index in [1.165, 1.54) is 26.2 Å². The Balaban J connectivity index is 1.26. The van der Waals surface area contributed by atoms with Crippen molar-refractivity contribution in [2.45, 2.75) is 0 Å². The normalized spacial score (nSPS) is 21.4. The lowest BCUT2D eigenvalue weighted by Gasteiger charge is -2.36. The molecule has 0 aromatic heterocycles. The zero-order valence-corrected chi connectivity index (χ0v) is 14.0. The van der Waals surface area contributed by atoms with Gasteiger partial charge in [-0.3, -0.25) is 14.7 Å². The standard InChI is InChI=1S/C18H29N3O2/c1-2-4-18(5-3-1)23-17-14-20-9-6-19(7-10-20)8-11-21-12-15-22-16-13-21/h1-5H,6-17H2. The van der Waals surface area contributed by atoms with Gasteiger partial charge in [0, 0.05) is 58.9 Å². The Kier molecular flexibility index (Phi) is 6.70. The predicted octanol–water partition coefficient (Wildman–Crippen LogP) is 1.02. The highest BCUT2D eigenvalue weighted by Crippen LogP contribution is 2.08. The van der Waals surface area contributed by atoms with E-state index < -0.39 is 0 Å². The second-order valence-corrected chi connectivity index (χ2v) is 6.30. The first-order valence-electron chi connectivity index (χ1n) is 8.83. The van der Waals surface area contributed by atoms with Crippen LogP contribution in [0.1, 0.15) is 0 Å². The molecule has 0 saturated carbocycles. The number of hydrogen-bond acceptors (Lipinski definition) is 5. The molecule has 2 aliphatic rings. The topological polar surface area (TPSA) is 28.2 Å². The summed E-state index contributed by atoms with van der Waals surface area (Å²) in [5.74, 6) is 0.969. The molecule has 0 spiro atoms. The summed E-state index contributed by atoms with van der Waals surface area (Å²) in [4.78, 5) is 7.61. The van der Waals surface area contributed by atoms with E-state index in [-0.39, 0.29) is 0 Å². The molecule has 1 aromatic carbocycles. The number of morpholine rings is 1. The van der Waals surface area contributed by atoms with E-state index in [4.69, 9.17) is 9.47 Å². The lowest BCUT2D eigenvalue weighted by Crippen LogP contribution is -2.50. The van der Waals surface area contributed by atoms with Crippen LogP contribution in [0.3, 0.4) is 0 Å². The highest BCUT2D eigenvalue weighted by atomic mass is 16.5. The molecule has 3 rings (SSSR count).